The number of benzene rings is 1. The number of carbonyl (C=O) groups is 2. The summed E-state index contributed by atoms with van der Waals surface area (Å²) in [6.07, 6.45) is 1.20. The summed E-state index contributed by atoms with van der Waals surface area (Å²) in [5, 5.41) is 19.6. The topological polar surface area (TPSA) is 97.1 Å². The van der Waals surface area contributed by atoms with Crippen LogP contribution in [0.2, 0.25) is 0 Å². The van der Waals surface area contributed by atoms with Crippen molar-refractivity contribution in [3.05, 3.63) is 35.9 Å². The zero-order valence-corrected chi connectivity index (χ0v) is 14.0. The first kappa shape index (κ1) is 17.9. The van der Waals surface area contributed by atoms with Gasteiger partial charge in [-0.1, -0.05) is 17.8 Å². The van der Waals surface area contributed by atoms with Gasteiger partial charge in [0.1, 0.15) is 12.1 Å². The number of hydrogen-bond donors (Lipinski definition) is 2. The Labute approximate surface area is 142 Å². The molecule has 128 valence electrons. The summed E-state index contributed by atoms with van der Waals surface area (Å²) < 4.78 is 15.6. The molecule has 0 bridgehead atoms. The van der Waals surface area contributed by atoms with Crippen LogP contribution < -0.4 is 5.32 Å². The van der Waals surface area contributed by atoms with E-state index in [1.165, 1.54) is 23.9 Å². The Bertz CT molecular complexity index is 748. The Kier molecular flexibility index (Phi) is 5.91. The van der Waals surface area contributed by atoms with Crippen molar-refractivity contribution in [1.29, 1.82) is 0 Å². The molecular weight excluding hydrogens is 335 g/mol. The third-order valence-electron chi connectivity index (χ3n) is 3.11. The number of amides is 1. The van der Waals surface area contributed by atoms with Crippen molar-refractivity contribution in [3.63, 3.8) is 0 Å². The highest BCUT2D eigenvalue weighted by Crippen LogP contribution is 2.20. The molecule has 1 aromatic heterocycles. The Balaban J connectivity index is 1.94. The molecule has 0 aliphatic rings. The van der Waals surface area contributed by atoms with Gasteiger partial charge in [0.2, 0.25) is 5.91 Å². The van der Waals surface area contributed by atoms with Crippen molar-refractivity contribution >= 4 is 29.3 Å². The van der Waals surface area contributed by atoms with Crippen molar-refractivity contribution in [3.8, 4) is 0 Å². The molecular formula is C15H17FN4O3S. The molecule has 0 radical (unpaired) electrons. The van der Waals surface area contributed by atoms with Gasteiger partial charge in [0.05, 0.1) is 12.2 Å². The fourth-order valence-electron chi connectivity index (χ4n) is 1.95. The third kappa shape index (κ3) is 4.79. The molecule has 0 aliphatic carbocycles. The molecule has 0 atom stereocenters. The van der Waals surface area contributed by atoms with Gasteiger partial charge < -0.3 is 15.0 Å². The lowest BCUT2D eigenvalue weighted by Gasteiger charge is -2.10. The molecule has 2 aromatic rings. The van der Waals surface area contributed by atoms with E-state index >= 15 is 0 Å². The minimum atomic E-state index is -1.11. The fraction of sp³-hybridized carbons (Fsp3) is 0.333. The average molecular weight is 352 g/mol. The van der Waals surface area contributed by atoms with Crippen molar-refractivity contribution < 1.29 is 19.1 Å². The van der Waals surface area contributed by atoms with Crippen LogP contribution in [0.4, 0.5) is 10.1 Å². The van der Waals surface area contributed by atoms with Crippen LogP contribution in [0.25, 0.3) is 0 Å². The molecule has 0 fully saturated rings. The molecule has 1 heterocycles. The number of rotatable bonds is 7. The number of halogens is 1. The number of carboxylic acid groups (broad SMARTS) is 1. The van der Waals surface area contributed by atoms with Crippen LogP contribution in [-0.2, 0) is 16.0 Å². The summed E-state index contributed by atoms with van der Waals surface area (Å²) in [5.74, 6) is -1.99. The summed E-state index contributed by atoms with van der Waals surface area (Å²) in [6.45, 7) is 3.96. The summed E-state index contributed by atoms with van der Waals surface area (Å²) in [5.41, 5.74) is 0.345. The van der Waals surface area contributed by atoms with E-state index < -0.39 is 18.2 Å². The number of carboxylic acids is 1. The van der Waals surface area contributed by atoms with Gasteiger partial charge in [-0.25, -0.2) is 4.39 Å². The first-order valence-electron chi connectivity index (χ1n) is 7.19. The molecule has 0 spiro atoms. The van der Waals surface area contributed by atoms with Gasteiger partial charge in [0.15, 0.2) is 5.16 Å². The predicted molar refractivity (Wildman–Crippen MR) is 87.5 cm³/mol. The molecule has 2 N–H and O–H groups in total. The summed E-state index contributed by atoms with van der Waals surface area (Å²) >= 11 is 1.23. The summed E-state index contributed by atoms with van der Waals surface area (Å²) in [6, 6.07) is 4.11. The maximum Gasteiger partial charge on any atom is 0.307 e. The lowest BCUT2D eigenvalue weighted by molar-refractivity contribution is -0.136. The third-order valence-corrected chi connectivity index (χ3v) is 4.06. The van der Waals surface area contributed by atoms with Crippen LogP contribution in [0.5, 0.6) is 0 Å². The molecule has 1 aromatic carbocycles. The maximum absolute atomic E-state index is 13.8. The largest absolute Gasteiger partial charge is 0.481 e. The van der Waals surface area contributed by atoms with Crippen LogP contribution in [0.15, 0.2) is 29.7 Å². The van der Waals surface area contributed by atoms with Crippen LogP contribution in [-0.4, -0.2) is 37.5 Å². The van der Waals surface area contributed by atoms with Gasteiger partial charge in [-0.15, -0.1) is 10.2 Å². The second-order valence-corrected chi connectivity index (χ2v) is 6.27. The molecule has 24 heavy (non-hydrogen) atoms. The van der Waals surface area contributed by atoms with Crippen LogP contribution in [0.1, 0.15) is 25.5 Å². The number of nitrogens with zero attached hydrogens (tertiary/aromatic N) is 3. The lowest BCUT2D eigenvalue weighted by atomic mass is 10.1. The van der Waals surface area contributed by atoms with E-state index in [1.54, 1.807) is 6.33 Å². The van der Waals surface area contributed by atoms with E-state index in [-0.39, 0.29) is 29.0 Å². The predicted octanol–water partition coefficient (Wildman–Crippen LogP) is 2.36. The van der Waals surface area contributed by atoms with Crippen LogP contribution >= 0.6 is 11.8 Å². The zero-order chi connectivity index (χ0) is 17.7. The summed E-state index contributed by atoms with van der Waals surface area (Å²) in [4.78, 5) is 22.6. The van der Waals surface area contributed by atoms with Gasteiger partial charge in [-0.05, 0) is 31.5 Å². The molecule has 0 unspecified atom stereocenters. The number of hydrogen-bond acceptors (Lipinski definition) is 5. The van der Waals surface area contributed by atoms with Gasteiger partial charge in [-0.3, -0.25) is 9.59 Å². The van der Waals surface area contributed by atoms with E-state index in [0.29, 0.717) is 5.16 Å². The van der Waals surface area contributed by atoms with Gasteiger partial charge in [0, 0.05) is 11.7 Å². The number of aliphatic carboxylic acids is 1. The van der Waals surface area contributed by atoms with Crippen LogP contribution in [0.3, 0.4) is 0 Å². The minimum Gasteiger partial charge on any atom is -0.481 e. The summed E-state index contributed by atoms with van der Waals surface area (Å²) in [7, 11) is 0. The maximum atomic E-state index is 13.8. The molecule has 0 saturated carbocycles. The second kappa shape index (κ2) is 7.91. The normalized spacial score (nSPS) is 10.8. The number of anilines is 1. The van der Waals surface area contributed by atoms with Gasteiger partial charge in [-0.2, -0.15) is 0 Å². The number of carbonyl (C=O) groups excluding carboxylic acids is 1. The van der Waals surface area contributed by atoms with E-state index in [9.17, 15) is 14.0 Å². The van der Waals surface area contributed by atoms with Gasteiger partial charge in [0.25, 0.3) is 0 Å². The monoisotopic (exact) mass is 352 g/mol. The Morgan fingerprint density at radius 1 is 1.42 bits per heavy atom. The zero-order valence-electron chi connectivity index (χ0n) is 13.2. The highest BCUT2D eigenvalue weighted by Gasteiger charge is 2.12. The molecule has 7 nitrogen and oxygen atoms in total. The van der Waals surface area contributed by atoms with E-state index in [2.05, 4.69) is 15.5 Å². The Morgan fingerprint density at radius 3 is 2.79 bits per heavy atom. The minimum absolute atomic E-state index is 0.0694. The fourth-order valence-corrected chi connectivity index (χ4v) is 2.79. The number of thioether (sulfide) groups is 1. The van der Waals surface area contributed by atoms with Gasteiger partial charge >= 0.3 is 5.97 Å². The highest BCUT2D eigenvalue weighted by molar-refractivity contribution is 7.99. The highest BCUT2D eigenvalue weighted by atomic mass is 32.2. The Hall–Kier alpha value is -2.42. The van der Waals surface area contributed by atoms with Crippen molar-refractivity contribution in [2.45, 2.75) is 31.5 Å². The first-order chi connectivity index (χ1) is 11.4. The van der Waals surface area contributed by atoms with Crippen LogP contribution in [0, 0.1) is 5.82 Å². The van der Waals surface area contributed by atoms with Crippen molar-refractivity contribution in [2.75, 3.05) is 11.1 Å². The SMILES string of the molecule is CC(C)n1cnnc1SCC(=O)Nc1ccc(CC(=O)O)c(F)c1. The standard InChI is InChI=1S/C15H17FN4O3S/c1-9(2)20-8-17-19-15(20)24-7-13(21)18-11-4-3-10(5-14(22)23)12(16)6-11/h3-4,6,8-9H,5,7H2,1-2H3,(H,18,21)(H,22,23). The smallest absolute Gasteiger partial charge is 0.307 e. The van der Waals surface area contributed by atoms with E-state index in [4.69, 9.17) is 5.11 Å². The molecule has 9 heteroatoms. The lowest BCUT2D eigenvalue weighted by Crippen LogP contribution is -2.15. The first-order valence-corrected chi connectivity index (χ1v) is 8.17. The number of aromatic nitrogens is 3. The van der Waals surface area contributed by atoms with E-state index in [0.717, 1.165) is 6.07 Å². The molecule has 2 rings (SSSR count). The quantitative estimate of drug-likeness (QED) is 0.743. The van der Waals surface area contributed by atoms with E-state index in [1.807, 2.05) is 18.4 Å². The van der Waals surface area contributed by atoms with Crippen molar-refractivity contribution in [2.24, 2.45) is 0 Å². The molecule has 1 amide bonds. The molecule has 0 saturated heterocycles. The Morgan fingerprint density at radius 2 is 2.17 bits per heavy atom. The number of nitrogens with one attached hydrogen (secondary N) is 1. The average Bonchev–Trinajstić information content (AvgIpc) is 2.96. The molecule has 0 aliphatic heterocycles. The second-order valence-electron chi connectivity index (χ2n) is 5.33. The van der Waals surface area contributed by atoms with Crippen molar-refractivity contribution in [1.82, 2.24) is 14.8 Å².